The summed E-state index contributed by atoms with van der Waals surface area (Å²) in [6.07, 6.45) is 11.5. The van der Waals surface area contributed by atoms with Crippen LogP contribution in [0.15, 0.2) is 0 Å². The summed E-state index contributed by atoms with van der Waals surface area (Å²) in [5.41, 5.74) is 0. The number of hydrogen-bond donors (Lipinski definition) is 2. The first-order valence-corrected chi connectivity index (χ1v) is 7.08. The van der Waals surface area contributed by atoms with Gasteiger partial charge in [0.05, 0.1) is 0 Å². The second-order valence-corrected chi connectivity index (χ2v) is 4.75. The molecule has 0 amide bonds. The van der Waals surface area contributed by atoms with Crippen molar-refractivity contribution in [3.05, 3.63) is 0 Å². The molecule has 16 heavy (non-hydrogen) atoms. The molecule has 2 atom stereocenters. The summed E-state index contributed by atoms with van der Waals surface area (Å²) in [7, 11) is 2.13. The van der Waals surface area contributed by atoms with Crippen molar-refractivity contribution in [2.24, 2.45) is 5.92 Å². The molecule has 2 unspecified atom stereocenters. The van der Waals surface area contributed by atoms with E-state index in [-0.39, 0.29) is 6.61 Å². The van der Waals surface area contributed by atoms with Gasteiger partial charge < -0.3 is 10.4 Å². The number of nitrogens with one attached hydrogen (secondary N) is 1. The Morgan fingerprint density at radius 2 is 1.62 bits per heavy atom. The van der Waals surface area contributed by atoms with E-state index in [2.05, 4.69) is 19.3 Å². The molecular weight excluding hydrogens is 198 g/mol. The van der Waals surface area contributed by atoms with Crippen LogP contribution in [-0.2, 0) is 0 Å². The highest BCUT2D eigenvalue weighted by molar-refractivity contribution is 4.76. The van der Waals surface area contributed by atoms with E-state index in [1.54, 1.807) is 6.92 Å². The average Bonchev–Trinajstić information content (AvgIpc) is 2.24. The quantitative estimate of drug-likeness (QED) is 0.778. The largest absolute Gasteiger partial charge is 0.397 e. The van der Waals surface area contributed by atoms with Crippen molar-refractivity contribution in [1.82, 2.24) is 5.32 Å². The van der Waals surface area contributed by atoms with E-state index in [4.69, 9.17) is 5.11 Å². The normalized spacial score (nSPS) is 26.2. The van der Waals surface area contributed by atoms with Crippen LogP contribution >= 0.6 is 0 Å². The third-order valence-electron chi connectivity index (χ3n) is 3.44. The zero-order valence-corrected chi connectivity index (χ0v) is 11.5. The van der Waals surface area contributed by atoms with Crippen LogP contribution in [0, 0.1) is 5.92 Å². The molecule has 1 fully saturated rings. The molecule has 0 bridgehead atoms. The third-order valence-corrected chi connectivity index (χ3v) is 3.44. The van der Waals surface area contributed by atoms with Crippen LogP contribution in [0.2, 0.25) is 0 Å². The maximum Gasteiger partial charge on any atom is 0.0402 e. The lowest BCUT2D eigenvalue weighted by atomic mass is 9.84. The van der Waals surface area contributed by atoms with E-state index in [0.29, 0.717) is 0 Å². The van der Waals surface area contributed by atoms with Crippen molar-refractivity contribution in [3.63, 3.8) is 0 Å². The molecule has 1 rings (SSSR count). The molecule has 0 aromatic heterocycles. The minimum absolute atomic E-state index is 0.250. The number of hydrogen-bond acceptors (Lipinski definition) is 2. The number of aliphatic hydroxyl groups is 1. The minimum Gasteiger partial charge on any atom is -0.397 e. The summed E-state index contributed by atoms with van der Waals surface area (Å²) in [4.78, 5) is 0. The van der Waals surface area contributed by atoms with Crippen molar-refractivity contribution in [1.29, 1.82) is 0 Å². The summed E-state index contributed by atoms with van der Waals surface area (Å²) < 4.78 is 0. The van der Waals surface area contributed by atoms with Crippen LogP contribution < -0.4 is 5.32 Å². The molecule has 2 heteroatoms. The summed E-state index contributed by atoms with van der Waals surface area (Å²) >= 11 is 0. The minimum atomic E-state index is 0.250. The Balaban J connectivity index is 0.000000673. The molecule has 2 N–H and O–H groups in total. The maximum absolute atomic E-state index is 7.57. The first kappa shape index (κ1) is 15.9. The summed E-state index contributed by atoms with van der Waals surface area (Å²) in [6.45, 7) is 4.24. The smallest absolute Gasteiger partial charge is 0.0402 e. The van der Waals surface area contributed by atoms with Crippen LogP contribution in [0.4, 0.5) is 0 Å². The van der Waals surface area contributed by atoms with Gasteiger partial charge >= 0.3 is 0 Å². The summed E-state index contributed by atoms with van der Waals surface area (Å²) in [6, 6.07) is 0.806. The lowest BCUT2D eigenvalue weighted by Gasteiger charge is -2.28. The van der Waals surface area contributed by atoms with Gasteiger partial charge in [0, 0.05) is 12.6 Å². The molecule has 0 spiro atoms. The van der Waals surface area contributed by atoms with Gasteiger partial charge in [-0.2, -0.15) is 0 Å². The predicted molar refractivity (Wildman–Crippen MR) is 71.7 cm³/mol. The van der Waals surface area contributed by atoms with Crippen molar-refractivity contribution in [3.8, 4) is 0 Å². The van der Waals surface area contributed by atoms with Crippen LogP contribution in [0.1, 0.15) is 65.2 Å². The van der Waals surface area contributed by atoms with Gasteiger partial charge in [0.15, 0.2) is 0 Å². The fourth-order valence-corrected chi connectivity index (χ4v) is 2.66. The molecule has 1 aliphatic carbocycles. The molecule has 0 heterocycles. The monoisotopic (exact) mass is 229 g/mol. The fraction of sp³-hybridized carbons (Fsp3) is 1.00. The van der Waals surface area contributed by atoms with Crippen molar-refractivity contribution >= 4 is 0 Å². The van der Waals surface area contributed by atoms with Crippen LogP contribution in [-0.4, -0.2) is 24.8 Å². The van der Waals surface area contributed by atoms with Gasteiger partial charge in [-0.15, -0.1) is 0 Å². The van der Waals surface area contributed by atoms with Gasteiger partial charge in [-0.05, 0) is 39.2 Å². The Labute approximate surface area is 102 Å². The van der Waals surface area contributed by atoms with Gasteiger partial charge in [-0.25, -0.2) is 0 Å². The van der Waals surface area contributed by atoms with Crippen molar-refractivity contribution in [2.45, 2.75) is 71.3 Å². The van der Waals surface area contributed by atoms with E-state index in [1.807, 2.05) is 0 Å². The van der Waals surface area contributed by atoms with E-state index >= 15 is 0 Å². The van der Waals surface area contributed by atoms with Gasteiger partial charge in [-0.1, -0.05) is 39.0 Å². The molecule has 98 valence electrons. The Hall–Kier alpha value is -0.0800. The Morgan fingerprint density at radius 3 is 2.12 bits per heavy atom. The highest BCUT2D eigenvalue weighted by Gasteiger charge is 2.19. The summed E-state index contributed by atoms with van der Waals surface area (Å²) in [5, 5.41) is 11.1. The number of rotatable bonds is 3. The molecule has 2 nitrogen and oxygen atoms in total. The fourth-order valence-electron chi connectivity index (χ4n) is 2.66. The Morgan fingerprint density at radius 1 is 1.06 bits per heavy atom. The van der Waals surface area contributed by atoms with Gasteiger partial charge in [0.2, 0.25) is 0 Å². The lowest BCUT2D eigenvalue weighted by Crippen LogP contribution is -2.34. The second kappa shape index (κ2) is 11.4. The molecule has 0 aliphatic heterocycles. The third kappa shape index (κ3) is 7.24. The highest BCUT2D eigenvalue weighted by atomic mass is 16.2. The van der Waals surface area contributed by atoms with E-state index in [9.17, 15) is 0 Å². The molecular formula is C14H31NO. The molecule has 1 aliphatic rings. The molecule has 0 radical (unpaired) electrons. The second-order valence-electron chi connectivity index (χ2n) is 4.75. The standard InChI is InChI=1S/C12H25N.C2H6O/c1-3-8-11-9-6-4-5-7-10-12(11)13-2;1-2-3/h11-13H,3-10H2,1-2H3;3H,2H2,1H3. The zero-order valence-electron chi connectivity index (χ0n) is 11.5. The van der Waals surface area contributed by atoms with Crippen LogP contribution in [0.25, 0.3) is 0 Å². The highest BCUT2D eigenvalue weighted by Crippen LogP contribution is 2.25. The Bertz CT molecular complexity index is 139. The van der Waals surface area contributed by atoms with Crippen molar-refractivity contribution in [2.75, 3.05) is 13.7 Å². The van der Waals surface area contributed by atoms with Gasteiger partial charge in [-0.3, -0.25) is 0 Å². The van der Waals surface area contributed by atoms with Crippen LogP contribution in [0.3, 0.4) is 0 Å². The van der Waals surface area contributed by atoms with Crippen molar-refractivity contribution < 1.29 is 5.11 Å². The lowest BCUT2D eigenvalue weighted by molar-refractivity contribution is 0.280. The van der Waals surface area contributed by atoms with E-state index in [0.717, 1.165) is 12.0 Å². The Kier molecular flexibility index (Phi) is 11.3. The molecule has 1 saturated carbocycles. The van der Waals surface area contributed by atoms with Gasteiger partial charge in [0.1, 0.15) is 0 Å². The first-order chi connectivity index (χ1) is 7.79. The predicted octanol–water partition coefficient (Wildman–Crippen LogP) is 3.34. The van der Waals surface area contributed by atoms with E-state index in [1.165, 1.54) is 51.4 Å². The van der Waals surface area contributed by atoms with E-state index < -0.39 is 0 Å². The molecule has 0 aromatic carbocycles. The average molecular weight is 229 g/mol. The summed E-state index contributed by atoms with van der Waals surface area (Å²) in [5.74, 6) is 0.954. The topological polar surface area (TPSA) is 32.3 Å². The van der Waals surface area contributed by atoms with Crippen LogP contribution in [0.5, 0.6) is 0 Å². The first-order valence-electron chi connectivity index (χ1n) is 7.08. The molecule has 0 saturated heterocycles. The number of aliphatic hydroxyl groups excluding tert-OH is 1. The maximum atomic E-state index is 7.57. The zero-order chi connectivity index (χ0) is 12.2. The SMILES string of the molecule is CCCC1CCCCCCC1NC.CCO. The molecule has 0 aromatic rings. The van der Waals surface area contributed by atoms with Gasteiger partial charge in [0.25, 0.3) is 0 Å².